The zero-order valence-corrected chi connectivity index (χ0v) is 12.2. The Morgan fingerprint density at radius 3 is 2.58 bits per heavy atom. The van der Waals surface area contributed by atoms with Crippen LogP contribution in [0.5, 0.6) is 0 Å². The van der Waals surface area contributed by atoms with Gasteiger partial charge in [-0.1, -0.05) is 32.0 Å². The van der Waals surface area contributed by atoms with Gasteiger partial charge in [-0.2, -0.15) is 0 Å². The van der Waals surface area contributed by atoms with Crippen molar-refractivity contribution in [2.45, 2.75) is 18.7 Å². The topological polar surface area (TPSA) is 50.3 Å². The third kappa shape index (κ3) is 2.77. The summed E-state index contributed by atoms with van der Waals surface area (Å²) < 4.78 is 26.5. The number of sulfonamides is 1. The first-order valence-electron chi connectivity index (χ1n) is 6.23. The van der Waals surface area contributed by atoms with E-state index >= 15 is 0 Å². The molecule has 102 valence electrons. The molecule has 1 aromatic carbocycles. The predicted molar refractivity (Wildman–Crippen MR) is 76.4 cm³/mol. The Morgan fingerprint density at radius 2 is 1.89 bits per heavy atom. The minimum Gasteiger partial charge on any atom is -0.255 e. The normalized spacial score (nSPS) is 12.5. The van der Waals surface area contributed by atoms with E-state index in [1.807, 2.05) is 26.0 Å². The Kier molecular flexibility index (Phi) is 3.87. The number of hydrogen-bond donors (Lipinski definition) is 0. The van der Waals surface area contributed by atoms with Crippen molar-refractivity contribution in [3.8, 4) is 0 Å². The number of nitrogens with zero attached hydrogens (tertiary/aromatic N) is 2. The molecule has 0 radical (unpaired) electrons. The lowest BCUT2D eigenvalue weighted by Crippen LogP contribution is -2.30. The molecule has 5 heteroatoms. The van der Waals surface area contributed by atoms with Gasteiger partial charge >= 0.3 is 0 Å². The van der Waals surface area contributed by atoms with Gasteiger partial charge in [0, 0.05) is 25.2 Å². The van der Waals surface area contributed by atoms with Crippen LogP contribution in [0.15, 0.2) is 41.4 Å². The molecule has 2 rings (SSSR count). The minimum atomic E-state index is -3.49. The zero-order chi connectivity index (χ0) is 14.0. The maximum atomic E-state index is 12.6. The number of para-hydroxylation sites is 1. The van der Waals surface area contributed by atoms with Crippen molar-refractivity contribution in [3.05, 3.63) is 36.5 Å². The van der Waals surface area contributed by atoms with E-state index in [1.54, 1.807) is 31.4 Å². The Hall–Kier alpha value is -1.46. The van der Waals surface area contributed by atoms with E-state index in [-0.39, 0.29) is 10.8 Å². The lowest BCUT2D eigenvalue weighted by atomic mass is 10.2. The highest BCUT2D eigenvalue weighted by atomic mass is 32.2. The molecule has 0 N–H and O–H groups in total. The lowest BCUT2D eigenvalue weighted by molar-refractivity contribution is 0.417. The van der Waals surface area contributed by atoms with Gasteiger partial charge < -0.3 is 0 Å². The van der Waals surface area contributed by atoms with Crippen LogP contribution in [0, 0.1) is 5.92 Å². The number of pyridine rings is 1. The van der Waals surface area contributed by atoms with Crippen molar-refractivity contribution in [3.63, 3.8) is 0 Å². The molecule has 0 saturated heterocycles. The van der Waals surface area contributed by atoms with Crippen LogP contribution in [-0.4, -0.2) is 31.3 Å². The molecule has 1 heterocycles. The highest BCUT2D eigenvalue weighted by molar-refractivity contribution is 7.89. The van der Waals surface area contributed by atoms with Crippen LogP contribution >= 0.6 is 0 Å². The second-order valence-corrected chi connectivity index (χ2v) is 7.02. The number of benzene rings is 1. The van der Waals surface area contributed by atoms with Crippen LogP contribution in [0.2, 0.25) is 0 Å². The summed E-state index contributed by atoms with van der Waals surface area (Å²) in [6, 6.07) is 8.89. The summed E-state index contributed by atoms with van der Waals surface area (Å²) in [5.74, 6) is 0.280. The van der Waals surface area contributed by atoms with Gasteiger partial charge in [0.05, 0.1) is 5.52 Å². The molecular weight excluding hydrogens is 260 g/mol. The fraction of sp³-hybridized carbons (Fsp3) is 0.357. The molecule has 1 aromatic heterocycles. The summed E-state index contributed by atoms with van der Waals surface area (Å²) in [5.41, 5.74) is 0.528. The quantitative estimate of drug-likeness (QED) is 0.863. The Labute approximate surface area is 114 Å². The van der Waals surface area contributed by atoms with E-state index < -0.39 is 10.0 Å². The van der Waals surface area contributed by atoms with E-state index in [2.05, 4.69) is 4.98 Å². The molecule has 0 unspecified atom stereocenters. The SMILES string of the molecule is CC(C)CN(C)S(=O)(=O)c1cccc2cccnc12. The van der Waals surface area contributed by atoms with Crippen LogP contribution < -0.4 is 0 Å². The van der Waals surface area contributed by atoms with Crippen molar-refractivity contribution in [1.29, 1.82) is 0 Å². The molecule has 0 amide bonds. The van der Waals surface area contributed by atoms with Gasteiger partial charge in [-0.15, -0.1) is 0 Å². The molecule has 0 aliphatic heterocycles. The maximum absolute atomic E-state index is 12.6. The monoisotopic (exact) mass is 278 g/mol. The minimum absolute atomic E-state index is 0.272. The largest absolute Gasteiger partial charge is 0.255 e. The van der Waals surface area contributed by atoms with Crippen molar-refractivity contribution >= 4 is 20.9 Å². The van der Waals surface area contributed by atoms with Gasteiger partial charge in [-0.25, -0.2) is 12.7 Å². The summed E-state index contributed by atoms with van der Waals surface area (Å²) in [7, 11) is -1.88. The number of aromatic nitrogens is 1. The average Bonchev–Trinajstić information content (AvgIpc) is 2.37. The van der Waals surface area contributed by atoms with Crippen LogP contribution in [-0.2, 0) is 10.0 Å². The van der Waals surface area contributed by atoms with Crippen molar-refractivity contribution in [2.24, 2.45) is 5.92 Å². The van der Waals surface area contributed by atoms with Crippen LogP contribution in [0.3, 0.4) is 0 Å². The van der Waals surface area contributed by atoms with Crippen molar-refractivity contribution in [2.75, 3.05) is 13.6 Å². The van der Waals surface area contributed by atoms with Gasteiger partial charge in [0.1, 0.15) is 4.90 Å². The molecular formula is C14H18N2O2S. The van der Waals surface area contributed by atoms with Crippen LogP contribution in [0.4, 0.5) is 0 Å². The molecule has 19 heavy (non-hydrogen) atoms. The zero-order valence-electron chi connectivity index (χ0n) is 11.4. The molecule has 0 bridgehead atoms. The van der Waals surface area contributed by atoms with Crippen LogP contribution in [0.1, 0.15) is 13.8 Å². The summed E-state index contributed by atoms with van der Waals surface area (Å²) in [4.78, 5) is 4.48. The van der Waals surface area contributed by atoms with Gasteiger partial charge in [0.2, 0.25) is 10.0 Å². The van der Waals surface area contributed by atoms with Gasteiger partial charge in [-0.05, 0) is 18.1 Å². The lowest BCUT2D eigenvalue weighted by Gasteiger charge is -2.19. The van der Waals surface area contributed by atoms with E-state index in [0.717, 1.165) is 5.39 Å². The van der Waals surface area contributed by atoms with E-state index in [0.29, 0.717) is 12.1 Å². The molecule has 0 aliphatic rings. The second-order valence-electron chi connectivity index (χ2n) is 5.01. The Morgan fingerprint density at radius 1 is 1.21 bits per heavy atom. The summed E-state index contributed by atoms with van der Waals surface area (Å²) in [6.07, 6.45) is 1.61. The van der Waals surface area contributed by atoms with E-state index in [4.69, 9.17) is 0 Å². The first-order valence-corrected chi connectivity index (χ1v) is 7.67. The molecule has 0 atom stereocenters. The average molecular weight is 278 g/mol. The van der Waals surface area contributed by atoms with Crippen LogP contribution in [0.25, 0.3) is 10.9 Å². The highest BCUT2D eigenvalue weighted by Crippen LogP contribution is 2.23. The molecule has 4 nitrogen and oxygen atoms in total. The molecule has 0 spiro atoms. The number of fused-ring (bicyclic) bond motifs is 1. The standard InChI is InChI=1S/C14H18N2O2S/c1-11(2)10-16(3)19(17,18)13-8-4-6-12-7-5-9-15-14(12)13/h4-9,11H,10H2,1-3H3. The first-order chi connectivity index (χ1) is 8.93. The van der Waals surface area contributed by atoms with Gasteiger partial charge in [-0.3, -0.25) is 4.98 Å². The van der Waals surface area contributed by atoms with E-state index in [1.165, 1.54) is 4.31 Å². The fourth-order valence-electron chi connectivity index (χ4n) is 2.06. The number of hydrogen-bond acceptors (Lipinski definition) is 3. The number of rotatable bonds is 4. The highest BCUT2D eigenvalue weighted by Gasteiger charge is 2.23. The van der Waals surface area contributed by atoms with Gasteiger partial charge in [0.15, 0.2) is 0 Å². The van der Waals surface area contributed by atoms with Crippen molar-refractivity contribution < 1.29 is 8.42 Å². The fourth-order valence-corrected chi connectivity index (χ4v) is 3.56. The summed E-state index contributed by atoms with van der Waals surface area (Å²) in [5, 5.41) is 0.835. The predicted octanol–water partition coefficient (Wildman–Crippen LogP) is 2.51. The van der Waals surface area contributed by atoms with Gasteiger partial charge in [0.25, 0.3) is 0 Å². The molecule has 2 aromatic rings. The Balaban J connectivity index is 2.55. The molecule has 0 aliphatic carbocycles. The van der Waals surface area contributed by atoms with Crippen molar-refractivity contribution in [1.82, 2.24) is 9.29 Å². The smallest absolute Gasteiger partial charge is 0.244 e. The van der Waals surface area contributed by atoms with E-state index in [9.17, 15) is 8.42 Å². The molecule has 0 fully saturated rings. The second kappa shape index (κ2) is 5.27. The maximum Gasteiger partial charge on any atom is 0.244 e. The summed E-state index contributed by atoms with van der Waals surface area (Å²) >= 11 is 0. The molecule has 0 saturated carbocycles. The third-order valence-corrected chi connectivity index (χ3v) is 4.76. The first kappa shape index (κ1) is 14.0. The third-order valence-electron chi connectivity index (χ3n) is 2.91. The Bertz CT molecular complexity index is 675. The summed E-state index contributed by atoms with van der Waals surface area (Å²) in [6.45, 7) is 4.48.